The van der Waals surface area contributed by atoms with Gasteiger partial charge in [0.15, 0.2) is 0 Å². The molecule has 100 valence electrons. The summed E-state index contributed by atoms with van der Waals surface area (Å²) in [6.07, 6.45) is 8.31. The van der Waals surface area contributed by atoms with Crippen molar-refractivity contribution >= 4 is 0 Å². The molecule has 2 aliphatic rings. The van der Waals surface area contributed by atoms with Crippen molar-refractivity contribution < 1.29 is 0 Å². The van der Waals surface area contributed by atoms with Gasteiger partial charge in [-0.15, -0.1) is 0 Å². The van der Waals surface area contributed by atoms with Gasteiger partial charge in [-0.3, -0.25) is 4.90 Å². The Balaban J connectivity index is 1.89. The fraction of sp³-hybridized carbons (Fsp3) is 1.00. The summed E-state index contributed by atoms with van der Waals surface area (Å²) in [5, 5.41) is 3.68. The Kier molecular flexibility index (Phi) is 4.48. The molecule has 2 nitrogen and oxygen atoms in total. The van der Waals surface area contributed by atoms with Crippen molar-refractivity contribution in [1.82, 2.24) is 10.2 Å². The molecule has 0 spiro atoms. The highest BCUT2D eigenvalue weighted by atomic mass is 15.2. The second-order valence-electron chi connectivity index (χ2n) is 6.80. The highest BCUT2D eigenvalue weighted by Gasteiger charge is 2.31. The lowest BCUT2D eigenvalue weighted by atomic mass is 9.74. The average Bonchev–Trinajstić information content (AvgIpc) is 2.52. The number of hydrogen-bond donors (Lipinski definition) is 1. The van der Waals surface area contributed by atoms with Gasteiger partial charge in [0.2, 0.25) is 0 Å². The normalized spacial score (nSPS) is 35.5. The molecule has 2 rings (SSSR count). The minimum atomic E-state index is 0.576. The van der Waals surface area contributed by atoms with Crippen LogP contribution in [0.25, 0.3) is 0 Å². The van der Waals surface area contributed by atoms with Crippen molar-refractivity contribution in [3.8, 4) is 0 Å². The molecule has 0 aromatic rings. The van der Waals surface area contributed by atoms with Gasteiger partial charge in [-0.2, -0.15) is 0 Å². The molecule has 17 heavy (non-hydrogen) atoms. The van der Waals surface area contributed by atoms with Gasteiger partial charge >= 0.3 is 0 Å². The third kappa shape index (κ3) is 3.69. The predicted molar refractivity (Wildman–Crippen MR) is 74.3 cm³/mol. The Hall–Kier alpha value is -0.0800. The molecular weight excluding hydrogens is 208 g/mol. The highest BCUT2D eigenvalue weighted by molar-refractivity contribution is 4.87. The van der Waals surface area contributed by atoms with E-state index in [1.54, 1.807) is 0 Å². The smallest absolute Gasteiger partial charge is 0.0110 e. The Morgan fingerprint density at radius 1 is 1.24 bits per heavy atom. The Bertz CT molecular complexity index is 237. The molecule has 1 saturated heterocycles. The van der Waals surface area contributed by atoms with Gasteiger partial charge in [0.25, 0.3) is 0 Å². The van der Waals surface area contributed by atoms with E-state index in [2.05, 4.69) is 31.0 Å². The molecule has 2 fully saturated rings. The van der Waals surface area contributed by atoms with Gasteiger partial charge in [0, 0.05) is 25.2 Å². The first-order chi connectivity index (χ1) is 8.11. The van der Waals surface area contributed by atoms with Crippen LogP contribution in [-0.2, 0) is 0 Å². The van der Waals surface area contributed by atoms with Crippen LogP contribution >= 0.6 is 0 Å². The zero-order valence-corrected chi connectivity index (χ0v) is 12.0. The summed E-state index contributed by atoms with van der Waals surface area (Å²) >= 11 is 0. The summed E-state index contributed by atoms with van der Waals surface area (Å²) in [6.45, 7) is 11.0. The zero-order valence-electron chi connectivity index (χ0n) is 12.0. The summed E-state index contributed by atoms with van der Waals surface area (Å²) < 4.78 is 0. The Morgan fingerprint density at radius 2 is 2.06 bits per heavy atom. The van der Waals surface area contributed by atoms with Crippen LogP contribution in [0.2, 0.25) is 0 Å². The van der Waals surface area contributed by atoms with Crippen molar-refractivity contribution in [2.24, 2.45) is 5.41 Å². The van der Waals surface area contributed by atoms with E-state index in [1.807, 2.05) is 0 Å². The van der Waals surface area contributed by atoms with Crippen LogP contribution < -0.4 is 5.32 Å². The van der Waals surface area contributed by atoms with E-state index in [0.717, 1.165) is 12.1 Å². The molecule has 2 unspecified atom stereocenters. The molecule has 0 aromatic carbocycles. The summed E-state index contributed by atoms with van der Waals surface area (Å²) in [5.74, 6) is 0. The molecule has 0 bridgehead atoms. The summed E-state index contributed by atoms with van der Waals surface area (Å²) in [6, 6.07) is 1.62. The van der Waals surface area contributed by atoms with Crippen molar-refractivity contribution in [3.63, 3.8) is 0 Å². The second kappa shape index (κ2) is 5.71. The van der Waals surface area contributed by atoms with Gasteiger partial charge in [0.1, 0.15) is 0 Å². The molecule has 1 saturated carbocycles. The monoisotopic (exact) mass is 238 g/mol. The molecule has 1 aliphatic carbocycles. The van der Waals surface area contributed by atoms with E-state index >= 15 is 0 Å². The number of hydrogen-bond acceptors (Lipinski definition) is 2. The average molecular weight is 238 g/mol. The van der Waals surface area contributed by atoms with Crippen LogP contribution in [0, 0.1) is 5.41 Å². The standard InChI is InChI=1S/C15H30N2/c1-4-13-7-10-17(11-9-16-13)14-6-5-8-15(2,3)12-14/h13-14,16H,4-12H2,1-3H3. The maximum absolute atomic E-state index is 3.68. The molecule has 0 aromatic heterocycles. The van der Waals surface area contributed by atoms with Crippen LogP contribution in [-0.4, -0.2) is 36.6 Å². The van der Waals surface area contributed by atoms with E-state index < -0.39 is 0 Å². The SMILES string of the molecule is CCC1CCN(C2CCCC(C)(C)C2)CCN1. The van der Waals surface area contributed by atoms with E-state index in [0.29, 0.717) is 5.41 Å². The van der Waals surface area contributed by atoms with Crippen LogP contribution in [0.15, 0.2) is 0 Å². The lowest BCUT2D eigenvalue weighted by Gasteiger charge is -2.41. The van der Waals surface area contributed by atoms with E-state index in [4.69, 9.17) is 0 Å². The third-order valence-electron chi connectivity index (χ3n) is 4.79. The maximum Gasteiger partial charge on any atom is 0.0110 e. The highest BCUT2D eigenvalue weighted by Crippen LogP contribution is 2.37. The van der Waals surface area contributed by atoms with Crippen LogP contribution in [0.5, 0.6) is 0 Å². The summed E-state index contributed by atoms with van der Waals surface area (Å²) in [4.78, 5) is 2.77. The minimum absolute atomic E-state index is 0.576. The summed E-state index contributed by atoms with van der Waals surface area (Å²) in [7, 11) is 0. The van der Waals surface area contributed by atoms with Crippen LogP contribution in [0.4, 0.5) is 0 Å². The molecule has 0 amide bonds. The topological polar surface area (TPSA) is 15.3 Å². The zero-order chi connectivity index (χ0) is 12.3. The van der Waals surface area contributed by atoms with E-state index in [1.165, 1.54) is 58.2 Å². The fourth-order valence-electron chi connectivity index (χ4n) is 3.63. The number of nitrogens with one attached hydrogen (secondary N) is 1. The molecule has 1 heterocycles. The maximum atomic E-state index is 3.68. The first-order valence-electron chi connectivity index (χ1n) is 7.58. The van der Waals surface area contributed by atoms with Gasteiger partial charge in [-0.1, -0.05) is 27.2 Å². The van der Waals surface area contributed by atoms with Crippen molar-refractivity contribution in [3.05, 3.63) is 0 Å². The lowest BCUT2D eigenvalue weighted by molar-refractivity contribution is 0.0990. The summed E-state index contributed by atoms with van der Waals surface area (Å²) in [5.41, 5.74) is 0.576. The largest absolute Gasteiger partial charge is 0.313 e. The van der Waals surface area contributed by atoms with Gasteiger partial charge in [0.05, 0.1) is 0 Å². The minimum Gasteiger partial charge on any atom is -0.313 e. The first-order valence-corrected chi connectivity index (χ1v) is 7.58. The predicted octanol–water partition coefficient (Wildman–Crippen LogP) is 3.03. The number of rotatable bonds is 2. The molecule has 0 radical (unpaired) electrons. The van der Waals surface area contributed by atoms with Crippen molar-refractivity contribution in [1.29, 1.82) is 0 Å². The quantitative estimate of drug-likeness (QED) is 0.795. The van der Waals surface area contributed by atoms with E-state index in [9.17, 15) is 0 Å². The van der Waals surface area contributed by atoms with Gasteiger partial charge < -0.3 is 5.32 Å². The van der Waals surface area contributed by atoms with Crippen LogP contribution in [0.1, 0.15) is 59.3 Å². The third-order valence-corrected chi connectivity index (χ3v) is 4.79. The molecule has 1 N–H and O–H groups in total. The Labute approximate surface area is 107 Å². The van der Waals surface area contributed by atoms with Gasteiger partial charge in [-0.25, -0.2) is 0 Å². The van der Waals surface area contributed by atoms with Crippen molar-refractivity contribution in [2.45, 2.75) is 71.4 Å². The molecule has 2 heteroatoms. The van der Waals surface area contributed by atoms with Gasteiger partial charge in [-0.05, 0) is 44.1 Å². The lowest BCUT2D eigenvalue weighted by Crippen LogP contribution is -2.42. The Morgan fingerprint density at radius 3 is 2.76 bits per heavy atom. The second-order valence-corrected chi connectivity index (χ2v) is 6.80. The molecule has 1 aliphatic heterocycles. The van der Waals surface area contributed by atoms with Crippen LogP contribution in [0.3, 0.4) is 0 Å². The molecule has 2 atom stereocenters. The first kappa shape index (κ1) is 13.4. The molecular formula is C15H30N2. The van der Waals surface area contributed by atoms with Crippen molar-refractivity contribution in [2.75, 3.05) is 19.6 Å². The fourth-order valence-corrected chi connectivity index (χ4v) is 3.63. The number of nitrogens with zero attached hydrogens (tertiary/aromatic N) is 1. The van der Waals surface area contributed by atoms with E-state index in [-0.39, 0.29) is 0 Å².